The molecule has 1 amide bonds. The maximum absolute atomic E-state index is 14.1. The Hall–Kier alpha value is -1.93. The average molecular weight is 387 g/mol. The summed E-state index contributed by atoms with van der Waals surface area (Å²) >= 11 is 6.04. The number of carbonyl (C=O) groups excluding carboxylic acids is 1. The lowest BCUT2D eigenvalue weighted by atomic mass is 10.0. The van der Waals surface area contributed by atoms with Crippen LogP contribution in [0.5, 0.6) is 0 Å². The van der Waals surface area contributed by atoms with Gasteiger partial charge in [-0.05, 0) is 31.4 Å². The largest absolute Gasteiger partial charge is 0.360 e. The Bertz CT molecular complexity index is 906. The zero-order valence-corrected chi connectivity index (χ0v) is 15.0. The summed E-state index contributed by atoms with van der Waals surface area (Å²) in [5.41, 5.74) is 0.111. The first-order valence-electron chi connectivity index (χ1n) is 7.68. The van der Waals surface area contributed by atoms with Crippen molar-refractivity contribution in [2.75, 3.05) is 18.1 Å². The number of nitrogens with one attached hydrogen (secondary N) is 1. The van der Waals surface area contributed by atoms with Gasteiger partial charge in [0.2, 0.25) is 0 Å². The zero-order chi connectivity index (χ0) is 18.2. The third-order valence-electron chi connectivity index (χ3n) is 4.17. The lowest BCUT2D eigenvalue weighted by molar-refractivity contribution is 0.0947. The second-order valence-electron chi connectivity index (χ2n) is 6.04. The van der Waals surface area contributed by atoms with Crippen molar-refractivity contribution in [2.45, 2.75) is 13.3 Å². The number of aromatic nitrogens is 1. The van der Waals surface area contributed by atoms with Crippen molar-refractivity contribution in [3.63, 3.8) is 0 Å². The summed E-state index contributed by atoms with van der Waals surface area (Å²) in [5.74, 6) is -0.827. The molecule has 1 fully saturated rings. The van der Waals surface area contributed by atoms with Crippen LogP contribution in [0.25, 0.3) is 11.3 Å². The molecule has 3 rings (SSSR count). The molecule has 0 aliphatic carbocycles. The van der Waals surface area contributed by atoms with Gasteiger partial charge in [0.1, 0.15) is 22.8 Å². The maximum atomic E-state index is 14.1. The number of amides is 1. The molecule has 0 spiro atoms. The Morgan fingerprint density at radius 2 is 2.24 bits per heavy atom. The van der Waals surface area contributed by atoms with Crippen LogP contribution in [0, 0.1) is 18.7 Å². The summed E-state index contributed by atoms with van der Waals surface area (Å²) in [7, 11) is -3.02. The third-order valence-corrected chi connectivity index (χ3v) is 6.32. The van der Waals surface area contributed by atoms with Crippen LogP contribution in [0.4, 0.5) is 4.39 Å². The van der Waals surface area contributed by atoms with Gasteiger partial charge < -0.3 is 9.84 Å². The van der Waals surface area contributed by atoms with Gasteiger partial charge in [0.15, 0.2) is 9.84 Å². The van der Waals surface area contributed by atoms with Crippen molar-refractivity contribution < 1.29 is 22.1 Å². The molecule has 2 aromatic rings. The van der Waals surface area contributed by atoms with E-state index >= 15 is 0 Å². The molecule has 1 N–H and O–H groups in total. The SMILES string of the molecule is Cc1onc(-c2c(F)cccc2Cl)c1C(=O)NC[C@H]1CCS(=O)(=O)C1. The Morgan fingerprint density at radius 3 is 2.88 bits per heavy atom. The second-order valence-corrected chi connectivity index (χ2v) is 8.67. The fourth-order valence-corrected chi connectivity index (χ4v) is 5.01. The van der Waals surface area contributed by atoms with Crippen LogP contribution in [0.15, 0.2) is 22.7 Å². The van der Waals surface area contributed by atoms with Crippen LogP contribution in [-0.2, 0) is 9.84 Å². The summed E-state index contributed by atoms with van der Waals surface area (Å²) in [6.07, 6.45) is 0.511. The van der Waals surface area contributed by atoms with E-state index in [1.807, 2.05) is 0 Å². The molecule has 1 aromatic heterocycles. The van der Waals surface area contributed by atoms with Crippen molar-refractivity contribution in [3.8, 4) is 11.3 Å². The normalized spacial score (nSPS) is 19.1. The minimum absolute atomic E-state index is 0.00499. The minimum Gasteiger partial charge on any atom is -0.360 e. The van der Waals surface area contributed by atoms with Crippen molar-refractivity contribution in [3.05, 3.63) is 40.4 Å². The smallest absolute Gasteiger partial charge is 0.257 e. The first kappa shape index (κ1) is 17.9. The minimum atomic E-state index is -3.02. The van der Waals surface area contributed by atoms with Crippen molar-refractivity contribution >= 4 is 27.3 Å². The number of rotatable bonds is 4. The molecular formula is C16H16ClFN2O4S. The summed E-state index contributed by atoms with van der Waals surface area (Å²) in [6.45, 7) is 1.76. The summed E-state index contributed by atoms with van der Waals surface area (Å²) < 4.78 is 42.2. The molecule has 25 heavy (non-hydrogen) atoms. The molecule has 0 saturated carbocycles. The number of sulfone groups is 1. The number of benzene rings is 1. The van der Waals surface area contributed by atoms with Crippen molar-refractivity contribution in [1.29, 1.82) is 0 Å². The fraction of sp³-hybridized carbons (Fsp3) is 0.375. The van der Waals surface area contributed by atoms with Crippen molar-refractivity contribution in [2.24, 2.45) is 5.92 Å². The van der Waals surface area contributed by atoms with E-state index < -0.39 is 21.6 Å². The highest BCUT2D eigenvalue weighted by Gasteiger charge is 2.30. The molecule has 1 saturated heterocycles. The van der Waals surface area contributed by atoms with Gasteiger partial charge in [0.25, 0.3) is 5.91 Å². The van der Waals surface area contributed by atoms with Crippen LogP contribution >= 0.6 is 11.6 Å². The van der Waals surface area contributed by atoms with Gasteiger partial charge in [-0.3, -0.25) is 4.79 Å². The van der Waals surface area contributed by atoms with Crippen LogP contribution in [0.1, 0.15) is 22.5 Å². The quantitative estimate of drug-likeness (QED) is 0.872. The predicted octanol–water partition coefficient (Wildman–Crippen LogP) is 2.61. The molecule has 0 unspecified atom stereocenters. The average Bonchev–Trinajstić information content (AvgIpc) is 3.07. The molecule has 1 atom stereocenters. The maximum Gasteiger partial charge on any atom is 0.257 e. The van der Waals surface area contributed by atoms with Crippen LogP contribution in [0.3, 0.4) is 0 Å². The Balaban J connectivity index is 1.83. The van der Waals surface area contributed by atoms with E-state index in [9.17, 15) is 17.6 Å². The monoisotopic (exact) mass is 386 g/mol. The first-order valence-corrected chi connectivity index (χ1v) is 9.87. The Morgan fingerprint density at radius 1 is 1.48 bits per heavy atom. The number of halogens is 2. The number of hydrogen-bond acceptors (Lipinski definition) is 5. The van der Waals surface area contributed by atoms with Crippen LogP contribution in [-0.4, -0.2) is 37.5 Å². The van der Waals surface area contributed by atoms with Gasteiger partial charge in [-0.1, -0.05) is 22.8 Å². The Labute approximate surface area is 149 Å². The summed E-state index contributed by atoms with van der Waals surface area (Å²) in [4.78, 5) is 12.5. The lowest BCUT2D eigenvalue weighted by Crippen LogP contribution is -2.30. The summed E-state index contributed by atoms with van der Waals surface area (Å²) in [5, 5.41) is 6.58. The van der Waals surface area contributed by atoms with E-state index in [1.165, 1.54) is 18.2 Å². The number of carbonyl (C=O) groups is 1. The van der Waals surface area contributed by atoms with E-state index in [4.69, 9.17) is 16.1 Å². The highest BCUT2D eigenvalue weighted by molar-refractivity contribution is 7.91. The summed E-state index contributed by atoms with van der Waals surface area (Å²) in [6, 6.07) is 4.17. The molecule has 6 nitrogen and oxygen atoms in total. The highest BCUT2D eigenvalue weighted by Crippen LogP contribution is 2.33. The topological polar surface area (TPSA) is 89.3 Å². The molecule has 134 valence electrons. The highest BCUT2D eigenvalue weighted by atomic mass is 35.5. The number of nitrogens with zero attached hydrogens (tertiary/aromatic N) is 1. The van der Waals surface area contributed by atoms with E-state index in [0.29, 0.717) is 6.42 Å². The zero-order valence-electron chi connectivity index (χ0n) is 13.4. The Kier molecular flexibility index (Phi) is 4.83. The van der Waals surface area contributed by atoms with Gasteiger partial charge in [-0.15, -0.1) is 0 Å². The van der Waals surface area contributed by atoms with E-state index in [1.54, 1.807) is 6.92 Å². The third kappa shape index (κ3) is 3.69. The van der Waals surface area contributed by atoms with Crippen molar-refractivity contribution in [1.82, 2.24) is 10.5 Å². The molecule has 0 radical (unpaired) electrons. The first-order chi connectivity index (χ1) is 11.8. The van der Waals surface area contributed by atoms with Gasteiger partial charge in [-0.2, -0.15) is 0 Å². The van der Waals surface area contributed by atoms with E-state index in [-0.39, 0.29) is 51.6 Å². The van der Waals surface area contributed by atoms with Gasteiger partial charge >= 0.3 is 0 Å². The van der Waals surface area contributed by atoms with Gasteiger partial charge in [0.05, 0.1) is 22.1 Å². The molecule has 1 aliphatic rings. The van der Waals surface area contributed by atoms with E-state index in [2.05, 4.69) is 10.5 Å². The number of aryl methyl sites for hydroxylation is 1. The standard InChI is InChI=1S/C16H16ClFN2O4S/c1-9-13(16(21)19-7-10-5-6-25(22,23)8-10)15(20-24-9)14-11(17)3-2-4-12(14)18/h2-4,10H,5-8H2,1H3,(H,19,21)/t10-/m1/s1. The molecule has 1 aromatic carbocycles. The lowest BCUT2D eigenvalue weighted by Gasteiger charge is -2.10. The van der Waals surface area contributed by atoms with Crippen LogP contribution < -0.4 is 5.32 Å². The second kappa shape index (κ2) is 6.76. The number of hydrogen-bond donors (Lipinski definition) is 1. The molecular weight excluding hydrogens is 371 g/mol. The molecule has 0 bridgehead atoms. The molecule has 9 heteroatoms. The van der Waals surface area contributed by atoms with Gasteiger partial charge in [0, 0.05) is 6.54 Å². The van der Waals surface area contributed by atoms with E-state index in [0.717, 1.165) is 0 Å². The van der Waals surface area contributed by atoms with Crippen LogP contribution in [0.2, 0.25) is 5.02 Å². The van der Waals surface area contributed by atoms with Gasteiger partial charge in [-0.25, -0.2) is 12.8 Å². The molecule has 2 heterocycles. The predicted molar refractivity (Wildman–Crippen MR) is 90.7 cm³/mol. The fourth-order valence-electron chi connectivity index (χ4n) is 2.89. The molecule has 1 aliphatic heterocycles.